The standard InChI is InChI=1S/C13H19NO6.C2H6/c1-12(2,10(17)18)7-13(3,4)11(19)20-14-8(15)5-6-9(14)16;1-2/h5-7H2,1-4H3,(H,17,18);1-2H3. The zero-order valence-electron chi connectivity index (χ0n) is 14.1. The zero-order chi connectivity index (χ0) is 17.7. The Kier molecular flexibility index (Phi) is 6.73. The van der Waals surface area contributed by atoms with Crippen LogP contribution in [0, 0.1) is 10.8 Å². The summed E-state index contributed by atoms with van der Waals surface area (Å²) in [5.74, 6) is -2.95. The summed E-state index contributed by atoms with van der Waals surface area (Å²) in [6.07, 6.45) is 0.0602. The van der Waals surface area contributed by atoms with Crippen LogP contribution in [0.15, 0.2) is 0 Å². The third kappa shape index (κ3) is 4.82. The minimum absolute atomic E-state index is 0.0182. The van der Waals surface area contributed by atoms with Crippen molar-refractivity contribution < 1.29 is 29.1 Å². The van der Waals surface area contributed by atoms with Gasteiger partial charge in [0.15, 0.2) is 0 Å². The fourth-order valence-electron chi connectivity index (χ4n) is 2.12. The number of nitrogens with zero attached hydrogens (tertiary/aromatic N) is 1. The normalized spacial score (nSPS) is 15.3. The van der Waals surface area contributed by atoms with Crippen molar-refractivity contribution in [2.24, 2.45) is 10.8 Å². The van der Waals surface area contributed by atoms with Crippen molar-refractivity contribution in [3.8, 4) is 0 Å². The van der Waals surface area contributed by atoms with Gasteiger partial charge in [-0.05, 0) is 34.1 Å². The lowest BCUT2D eigenvalue weighted by Gasteiger charge is -2.30. The second-order valence-electron chi connectivity index (χ2n) is 6.21. The van der Waals surface area contributed by atoms with Gasteiger partial charge in [-0.15, -0.1) is 5.06 Å². The first kappa shape index (κ1) is 20.1. The van der Waals surface area contributed by atoms with Crippen molar-refractivity contribution in [1.29, 1.82) is 0 Å². The first-order valence-electron chi connectivity index (χ1n) is 7.29. The number of hydrogen-bond acceptors (Lipinski definition) is 5. The van der Waals surface area contributed by atoms with Crippen molar-refractivity contribution in [1.82, 2.24) is 5.06 Å². The molecule has 126 valence electrons. The van der Waals surface area contributed by atoms with E-state index in [4.69, 9.17) is 9.94 Å². The summed E-state index contributed by atoms with van der Waals surface area (Å²) in [5.41, 5.74) is -2.26. The predicted octanol–water partition coefficient (Wildman–Crippen LogP) is 2.15. The summed E-state index contributed by atoms with van der Waals surface area (Å²) in [5, 5.41) is 9.55. The first-order chi connectivity index (χ1) is 9.97. The number of carboxylic acids is 1. The van der Waals surface area contributed by atoms with Gasteiger partial charge in [-0.25, -0.2) is 4.79 Å². The molecular formula is C15H25NO6. The van der Waals surface area contributed by atoms with Crippen LogP contribution in [0.2, 0.25) is 0 Å². The number of imide groups is 1. The molecule has 0 spiro atoms. The Balaban J connectivity index is 0.00000211. The van der Waals surface area contributed by atoms with Gasteiger partial charge in [0.1, 0.15) is 0 Å². The number of carbonyl (C=O) groups is 4. The Morgan fingerprint density at radius 3 is 1.82 bits per heavy atom. The van der Waals surface area contributed by atoms with Crippen LogP contribution in [0.25, 0.3) is 0 Å². The van der Waals surface area contributed by atoms with Crippen LogP contribution in [0.5, 0.6) is 0 Å². The van der Waals surface area contributed by atoms with Crippen LogP contribution in [-0.4, -0.2) is 33.9 Å². The molecule has 0 saturated carbocycles. The lowest BCUT2D eigenvalue weighted by molar-refractivity contribution is -0.205. The lowest BCUT2D eigenvalue weighted by atomic mass is 9.75. The average molecular weight is 315 g/mol. The van der Waals surface area contributed by atoms with Gasteiger partial charge < -0.3 is 9.94 Å². The molecule has 1 rings (SSSR count). The van der Waals surface area contributed by atoms with Gasteiger partial charge in [-0.1, -0.05) is 13.8 Å². The Bertz CT molecular complexity index is 451. The maximum Gasteiger partial charge on any atom is 0.338 e. The van der Waals surface area contributed by atoms with Crippen molar-refractivity contribution in [3.05, 3.63) is 0 Å². The number of carboxylic acid groups (broad SMARTS) is 1. The summed E-state index contributed by atoms with van der Waals surface area (Å²) >= 11 is 0. The Hall–Kier alpha value is -1.92. The molecule has 0 unspecified atom stereocenters. The highest BCUT2D eigenvalue weighted by Crippen LogP contribution is 2.35. The number of amides is 2. The van der Waals surface area contributed by atoms with E-state index >= 15 is 0 Å². The Labute approximate surface area is 130 Å². The molecule has 0 atom stereocenters. The van der Waals surface area contributed by atoms with Gasteiger partial charge in [0.05, 0.1) is 10.8 Å². The number of rotatable bonds is 5. The summed E-state index contributed by atoms with van der Waals surface area (Å²) in [7, 11) is 0. The van der Waals surface area contributed by atoms with Crippen LogP contribution >= 0.6 is 0 Å². The van der Waals surface area contributed by atoms with Crippen LogP contribution in [-0.2, 0) is 24.0 Å². The van der Waals surface area contributed by atoms with Crippen molar-refractivity contribution in [2.75, 3.05) is 0 Å². The highest BCUT2D eigenvalue weighted by atomic mass is 16.7. The van der Waals surface area contributed by atoms with Gasteiger partial charge in [0.25, 0.3) is 11.8 Å². The summed E-state index contributed by atoms with van der Waals surface area (Å²) in [6.45, 7) is 10.0. The number of carbonyl (C=O) groups excluding carboxylic acids is 3. The zero-order valence-corrected chi connectivity index (χ0v) is 14.1. The van der Waals surface area contributed by atoms with Crippen LogP contribution < -0.4 is 0 Å². The van der Waals surface area contributed by atoms with Gasteiger partial charge in [0.2, 0.25) is 0 Å². The quantitative estimate of drug-likeness (QED) is 0.780. The van der Waals surface area contributed by atoms with Gasteiger partial charge in [-0.3, -0.25) is 14.4 Å². The van der Waals surface area contributed by atoms with E-state index in [1.807, 2.05) is 13.8 Å². The molecule has 1 aliphatic rings. The topological polar surface area (TPSA) is 101 Å². The highest BCUT2D eigenvalue weighted by molar-refractivity contribution is 6.01. The van der Waals surface area contributed by atoms with E-state index in [1.165, 1.54) is 27.7 Å². The van der Waals surface area contributed by atoms with Crippen molar-refractivity contribution >= 4 is 23.8 Å². The molecule has 0 aromatic rings. The van der Waals surface area contributed by atoms with Crippen LogP contribution in [0.4, 0.5) is 0 Å². The molecular weight excluding hydrogens is 290 g/mol. The Morgan fingerprint density at radius 2 is 1.45 bits per heavy atom. The molecule has 1 N–H and O–H groups in total. The smallest absolute Gasteiger partial charge is 0.338 e. The summed E-state index contributed by atoms with van der Waals surface area (Å²) in [4.78, 5) is 50.7. The monoisotopic (exact) mass is 315 g/mol. The molecule has 1 saturated heterocycles. The highest BCUT2D eigenvalue weighted by Gasteiger charge is 2.43. The average Bonchev–Trinajstić information content (AvgIpc) is 2.71. The van der Waals surface area contributed by atoms with E-state index in [9.17, 15) is 19.2 Å². The van der Waals surface area contributed by atoms with Gasteiger partial charge >= 0.3 is 11.9 Å². The number of aliphatic carboxylic acids is 1. The molecule has 0 radical (unpaired) electrons. The molecule has 1 aliphatic heterocycles. The predicted molar refractivity (Wildman–Crippen MR) is 78.3 cm³/mol. The van der Waals surface area contributed by atoms with Crippen LogP contribution in [0.3, 0.4) is 0 Å². The first-order valence-corrected chi connectivity index (χ1v) is 7.29. The fraction of sp³-hybridized carbons (Fsp3) is 0.733. The molecule has 7 heteroatoms. The molecule has 0 bridgehead atoms. The molecule has 1 heterocycles. The third-order valence-electron chi connectivity index (χ3n) is 3.20. The van der Waals surface area contributed by atoms with Crippen molar-refractivity contribution in [3.63, 3.8) is 0 Å². The number of hydroxylamine groups is 2. The van der Waals surface area contributed by atoms with E-state index in [0.29, 0.717) is 5.06 Å². The third-order valence-corrected chi connectivity index (χ3v) is 3.20. The molecule has 0 aromatic carbocycles. The van der Waals surface area contributed by atoms with E-state index in [1.54, 1.807) is 0 Å². The molecule has 0 aliphatic carbocycles. The van der Waals surface area contributed by atoms with Crippen molar-refractivity contribution in [2.45, 2.75) is 60.8 Å². The fourth-order valence-corrected chi connectivity index (χ4v) is 2.12. The maximum atomic E-state index is 12.1. The molecule has 2 amide bonds. The largest absolute Gasteiger partial charge is 0.481 e. The minimum Gasteiger partial charge on any atom is -0.481 e. The van der Waals surface area contributed by atoms with E-state index in [0.717, 1.165) is 0 Å². The number of hydrogen-bond donors (Lipinski definition) is 1. The molecule has 7 nitrogen and oxygen atoms in total. The second kappa shape index (κ2) is 7.38. The van der Waals surface area contributed by atoms with E-state index in [-0.39, 0.29) is 19.3 Å². The van der Waals surface area contributed by atoms with Crippen LogP contribution in [0.1, 0.15) is 60.8 Å². The summed E-state index contributed by atoms with van der Waals surface area (Å²) < 4.78 is 0. The Morgan fingerprint density at radius 1 is 1.05 bits per heavy atom. The minimum atomic E-state index is -1.13. The summed E-state index contributed by atoms with van der Waals surface area (Å²) in [6, 6.07) is 0. The lowest BCUT2D eigenvalue weighted by Crippen LogP contribution is -2.41. The molecule has 0 aromatic heterocycles. The SMILES string of the molecule is CC.CC(C)(CC(C)(C)C(=O)ON1C(=O)CCC1=O)C(=O)O. The maximum absolute atomic E-state index is 12.1. The molecule has 1 fully saturated rings. The van der Waals surface area contributed by atoms with Gasteiger partial charge in [0, 0.05) is 12.8 Å². The molecule has 22 heavy (non-hydrogen) atoms. The van der Waals surface area contributed by atoms with Gasteiger partial charge in [-0.2, -0.15) is 0 Å². The van der Waals surface area contributed by atoms with E-state index in [2.05, 4.69) is 0 Å². The van der Waals surface area contributed by atoms with E-state index < -0.39 is 34.6 Å². The second-order valence-corrected chi connectivity index (χ2v) is 6.21.